The van der Waals surface area contributed by atoms with Crippen molar-refractivity contribution in [2.75, 3.05) is 12.4 Å². The van der Waals surface area contributed by atoms with Gasteiger partial charge in [-0.3, -0.25) is 4.79 Å². The van der Waals surface area contributed by atoms with Gasteiger partial charge in [-0.25, -0.2) is 8.78 Å². The molecule has 0 bridgehead atoms. The second-order valence-corrected chi connectivity index (χ2v) is 5.87. The molecule has 0 unspecified atom stereocenters. The number of hydrogen-bond acceptors (Lipinski definition) is 1. The largest absolute Gasteiger partial charge is 0.338 e. The summed E-state index contributed by atoms with van der Waals surface area (Å²) < 4.78 is 26.1. The summed E-state index contributed by atoms with van der Waals surface area (Å²) in [5, 5.41) is 0. The summed E-state index contributed by atoms with van der Waals surface area (Å²) in [5.41, 5.74) is 0.495. The lowest BCUT2D eigenvalue weighted by Crippen LogP contribution is -2.43. The van der Waals surface area contributed by atoms with Crippen molar-refractivity contribution in [3.63, 3.8) is 0 Å². The second-order valence-electron chi connectivity index (χ2n) is 5.49. The molecule has 1 aromatic rings. The molecule has 116 valence electrons. The van der Waals surface area contributed by atoms with E-state index in [9.17, 15) is 13.6 Å². The average Bonchev–Trinajstić information content (AvgIpc) is 2.49. The third-order valence-electron chi connectivity index (χ3n) is 4.00. The molecule has 0 saturated heterocycles. The van der Waals surface area contributed by atoms with Crippen LogP contribution in [0.3, 0.4) is 0 Å². The molecule has 0 radical (unpaired) electrons. The van der Waals surface area contributed by atoms with E-state index in [4.69, 9.17) is 11.6 Å². The van der Waals surface area contributed by atoms with Gasteiger partial charge in [-0.15, -0.1) is 11.6 Å². The molecule has 5 heteroatoms. The SMILES string of the molecule is O=C(Cc1ccc(F)c(F)c1)N(CCCl)C1CCCCC1. The highest BCUT2D eigenvalue weighted by atomic mass is 35.5. The van der Waals surface area contributed by atoms with Crippen molar-refractivity contribution >= 4 is 17.5 Å². The molecule has 0 N–H and O–H groups in total. The summed E-state index contributed by atoms with van der Waals surface area (Å²) in [6.07, 6.45) is 5.55. The van der Waals surface area contributed by atoms with E-state index in [2.05, 4.69) is 0 Å². The molecule has 0 aliphatic heterocycles. The molecule has 21 heavy (non-hydrogen) atoms. The number of carbonyl (C=O) groups excluding carboxylic acids is 1. The zero-order valence-corrected chi connectivity index (χ0v) is 12.7. The van der Waals surface area contributed by atoms with E-state index < -0.39 is 11.6 Å². The molecule has 1 fully saturated rings. The third-order valence-corrected chi connectivity index (χ3v) is 4.17. The van der Waals surface area contributed by atoms with Crippen LogP contribution >= 0.6 is 11.6 Å². The molecule has 0 heterocycles. The topological polar surface area (TPSA) is 20.3 Å². The minimum Gasteiger partial charge on any atom is -0.338 e. The summed E-state index contributed by atoms with van der Waals surface area (Å²) >= 11 is 5.81. The smallest absolute Gasteiger partial charge is 0.227 e. The van der Waals surface area contributed by atoms with Crippen molar-refractivity contribution in [2.24, 2.45) is 0 Å². The highest BCUT2D eigenvalue weighted by molar-refractivity contribution is 6.18. The fourth-order valence-electron chi connectivity index (χ4n) is 2.92. The van der Waals surface area contributed by atoms with Crippen LogP contribution < -0.4 is 0 Å². The summed E-state index contributed by atoms with van der Waals surface area (Å²) in [6.45, 7) is 0.509. The Morgan fingerprint density at radius 2 is 1.90 bits per heavy atom. The van der Waals surface area contributed by atoms with E-state index in [-0.39, 0.29) is 18.4 Å². The normalized spacial score (nSPS) is 16.0. The number of nitrogens with zero attached hydrogens (tertiary/aromatic N) is 1. The van der Waals surface area contributed by atoms with E-state index in [1.807, 2.05) is 4.90 Å². The summed E-state index contributed by atoms with van der Waals surface area (Å²) in [5.74, 6) is -1.48. The van der Waals surface area contributed by atoms with Crippen molar-refractivity contribution in [1.82, 2.24) is 4.90 Å². The predicted molar refractivity (Wildman–Crippen MR) is 79.4 cm³/mol. The summed E-state index contributed by atoms with van der Waals surface area (Å²) in [4.78, 5) is 14.3. The van der Waals surface area contributed by atoms with Gasteiger partial charge in [0.25, 0.3) is 0 Å². The minimum atomic E-state index is -0.915. The number of hydrogen-bond donors (Lipinski definition) is 0. The molecule has 0 spiro atoms. The molecule has 0 atom stereocenters. The van der Waals surface area contributed by atoms with Gasteiger partial charge in [-0.1, -0.05) is 25.3 Å². The quantitative estimate of drug-likeness (QED) is 0.754. The fourth-order valence-corrected chi connectivity index (χ4v) is 3.10. The standard InChI is InChI=1S/C16H20ClF2NO/c17-8-9-20(13-4-2-1-3-5-13)16(21)11-12-6-7-14(18)15(19)10-12/h6-7,10,13H,1-5,8-9,11H2. The van der Waals surface area contributed by atoms with Gasteiger partial charge >= 0.3 is 0 Å². The molecule has 1 aliphatic rings. The van der Waals surface area contributed by atoms with Gasteiger partial charge in [0.05, 0.1) is 6.42 Å². The zero-order chi connectivity index (χ0) is 15.2. The molecular weight excluding hydrogens is 296 g/mol. The van der Waals surface area contributed by atoms with Gasteiger partial charge < -0.3 is 4.90 Å². The number of alkyl halides is 1. The Balaban J connectivity index is 2.05. The number of benzene rings is 1. The number of rotatable bonds is 5. The van der Waals surface area contributed by atoms with Crippen LogP contribution in [0.25, 0.3) is 0 Å². The molecular formula is C16H20ClF2NO. The zero-order valence-electron chi connectivity index (χ0n) is 12.0. The van der Waals surface area contributed by atoms with Crippen molar-refractivity contribution in [3.8, 4) is 0 Å². The fraction of sp³-hybridized carbons (Fsp3) is 0.562. The monoisotopic (exact) mass is 315 g/mol. The van der Waals surface area contributed by atoms with Crippen LogP contribution in [0.2, 0.25) is 0 Å². The van der Waals surface area contributed by atoms with E-state index in [0.29, 0.717) is 18.0 Å². The predicted octanol–water partition coefficient (Wildman–Crippen LogP) is 3.91. The maximum atomic E-state index is 13.2. The van der Waals surface area contributed by atoms with Gasteiger partial charge in [0.1, 0.15) is 0 Å². The summed E-state index contributed by atoms with van der Waals surface area (Å²) in [6, 6.07) is 3.84. The molecule has 2 nitrogen and oxygen atoms in total. The van der Waals surface area contributed by atoms with Crippen LogP contribution in [0.5, 0.6) is 0 Å². The average molecular weight is 316 g/mol. The highest BCUT2D eigenvalue weighted by Gasteiger charge is 2.25. The van der Waals surface area contributed by atoms with Crippen molar-refractivity contribution < 1.29 is 13.6 Å². The Hall–Kier alpha value is -1.16. The molecule has 1 aromatic carbocycles. The Morgan fingerprint density at radius 3 is 2.52 bits per heavy atom. The van der Waals surface area contributed by atoms with Crippen LogP contribution in [-0.2, 0) is 11.2 Å². The van der Waals surface area contributed by atoms with Crippen molar-refractivity contribution in [1.29, 1.82) is 0 Å². The Labute approximate surface area is 129 Å². The first-order valence-corrected chi connectivity index (χ1v) is 7.94. The Morgan fingerprint density at radius 1 is 1.19 bits per heavy atom. The van der Waals surface area contributed by atoms with Crippen LogP contribution in [0.15, 0.2) is 18.2 Å². The second kappa shape index (κ2) is 7.74. The highest BCUT2D eigenvalue weighted by Crippen LogP contribution is 2.23. The van der Waals surface area contributed by atoms with Crippen molar-refractivity contribution in [2.45, 2.75) is 44.6 Å². The van der Waals surface area contributed by atoms with E-state index in [1.165, 1.54) is 12.5 Å². The maximum Gasteiger partial charge on any atom is 0.227 e. The molecule has 1 amide bonds. The molecule has 0 aromatic heterocycles. The Bertz CT molecular complexity index is 489. The first kappa shape index (κ1) is 16.2. The van der Waals surface area contributed by atoms with Gasteiger partial charge in [-0.05, 0) is 30.5 Å². The van der Waals surface area contributed by atoms with Gasteiger partial charge in [0.15, 0.2) is 11.6 Å². The third kappa shape index (κ3) is 4.40. The first-order chi connectivity index (χ1) is 10.1. The molecule has 1 saturated carbocycles. The van der Waals surface area contributed by atoms with Crippen LogP contribution in [0.4, 0.5) is 8.78 Å². The van der Waals surface area contributed by atoms with E-state index >= 15 is 0 Å². The summed E-state index contributed by atoms with van der Waals surface area (Å²) in [7, 11) is 0. The molecule has 1 aliphatic carbocycles. The Kier molecular flexibility index (Phi) is 5.97. The van der Waals surface area contributed by atoms with E-state index in [0.717, 1.165) is 37.8 Å². The van der Waals surface area contributed by atoms with Crippen molar-refractivity contribution in [3.05, 3.63) is 35.4 Å². The maximum absolute atomic E-state index is 13.2. The number of halogens is 3. The minimum absolute atomic E-state index is 0.0615. The lowest BCUT2D eigenvalue weighted by Gasteiger charge is -2.34. The van der Waals surface area contributed by atoms with E-state index in [1.54, 1.807) is 0 Å². The van der Waals surface area contributed by atoms with Crippen LogP contribution in [0, 0.1) is 11.6 Å². The molecule has 2 rings (SSSR count). The van der Waals surface area contributed by atoms with Gasteiger partial charge in [0.2, 0.25) is 5.91 Å². The van der Waals surface area contributed by atoms with Gasteiger partial charge in [0, 0.05) is 18.5 Å². The first-order valence-electron chi connectivity index (χ1n) is 7.41. The van der Waals surface area contributed by atoms with Crippen LogP contribution in [0.1, 0.15) is 37.7 Å². The number of amides is 1. The van der Waals surface area contributed by atoms with Gasteiger partial charge in [-0.2, -0.15) is 0 Å². The van der Waals surface area contributed by atoms with Crippen LogP contribution in [-0.4, -0.2) is 29.3 Å². The lowest BCUT2D eigenvalue weighted by atomic mass is 9.93. The lowest BCUT2D eigenvalue weighted by molar-refractivity contribution is -0.133. The number of carbonyl (C=O) groups is 1.